The third kappa shape index (κ3) is 16.9. The fourth-order valence-corrected chi connectivity index (χ4v) is 1.73. The Balaban J connectivity index is -0.000000394. The molecule has 3 nitrogen and oxygen atoms in total. The largest absolute Gasteiger partial charge is 0.517 e. The van der Waals surface area contributed by atoms with Crippen LogP contribution in [0.1, 0.15) is 54.4 Å². The molecule has 125 valence electrons. The molecule has 0 saturated carbocycles. The van der Waals surface area contributed by atoms with E-state index in [9.17, 15) is 8.42 Å². The minimum absolute atomic E-state index is 0. The van der Waals surface area contributed by atoms with Crippen molar-refractivity contribution in [1.29, 1.82) is 0 Å². The molecule has 0 rings (SSSR count). The van der Waals surface area contributed by atoms with Crippen molar-refractivity contribution < 1.29 is 45.9 Å². The van der Waals surface area contributed by atoms with Crippen molar-refractivity contribution in [3.8, 4) is 0 Å². The van der Waals surface area contributed by atoms with E-state index in [4.69, 9.17) is 11.3 Å². The Hall–Kier alpha value is 0.754. The molecular formula is C16H32O3SY-2. The van der Waals surface area contributed by atoms with Crippen molar-refractivity contribution >= 4 is 9.84 Å². The summed E-state index contributed by atoms with van der Waals surface area (Å²) in [7, 11) is -3.03. The topological polar surface area (TPSA) is 43.4 Å². The van der Waals surface area contributed by atoms with Crippen molar-refractivity contribution in [1.82, 2.24) is 0 Å². The molecule has 0 aliphatic heterocycles. The maximum Gasteiger partial charge on any atom is 0.157 e. The van der Waals surface area contributed by atoms with Gasteiger partial charge in [-0.3, -0.25) is 6.08 Å². The molecule has 0 bridgehead atoms. The monoisotopic (exact) mass is 393 g/mol. The van der Waals surface area contributed by atoms with Gasteiger partial charge in [0.05, 0.1) is 17.1 Å². The van der Waals surface area contributed by atoms with Crippen molar-refractivity contribution in [3.63, 3.8) is 0 Å². The predicted octanol–water partition coefficient (Wildman–Crippen LogP) is 3.85. The third-order valence-electron chi connectivity index (χ3n) is 2.47. The Morgan fingerprint density at radius 1 is 1.10 bits per heavy atom. The summed E-state index contributed by atoms with van der Waals surface area (Å²) in [5, 5.41) is 0. The Bertz CT molecular complexity index is 349. The van der Waals surface area contributed by atoms with Crippen LogP contribution in [0.25, 0.3) is 0 Å². The minimum Gasteiger partial charge on any atom is -0.517 e. The van der Waals surface area contributed by atoms with E-state index in [-0.39, 0.29) is 43.9 Å². The zero-order valence-corrected chi connectivity index (χ0v) is 18.3. The van der Waals surface area contributed by atoms with Gasteiger partial charge in [0.2, 0.25) is 0 Å². The molecule has 0 aromatic heterocycles. The van der Waals surface area contributed by atoms with Crippen LogP contribution in [0.2, 0.25) is 0 Å². The number of allylic oxidation sites excluding steroid dienone is 1. The molecule has 0 heterocycles. The summed E-state index contributed by atoms with van der Waals surface area (Å²) in [6.45, 7) is 21.1. The third-order valence-corrected chi connectivity index (χ3v) is 5.04. The van der Waals surface area contributed by atoms with Crippen LogP contribution in [-0.4, -0.2) is 32.1 Å². The minimum atomic E-state index is -3.03. The van der Waals surface area contributed by atoms with Gasteiger partial charge >= 0.3 is 0 Å². The average Bonchev–Trinajstić information content (AvgIpc) is 2.27. The molecule has 0 unspecified atom stereocenters. The van der Waals surface area contributed by atoms with E-state index in [1.54, 1.807) is 26.8 Å². The maximum atomic E-state index is 11.6. The zero-order chi connectivity index (χ0) is 16.4. The van der Waals surface area contributed by atoms with Gasteiger partial charge in [-0.2, -0.15) is 6.42 Å². The second-order valence-corrected chi connectivity index (χ2v) is 9.65. The van der Waals surface area contributed by atoms with Gasteiger partial charge in [0.1, 0.15) is 0 Å². The Morgan fingerprint density at radius 3 is 1.81 bits per heavy atom. The first kappa shape index (κ1) is 26.6. The Kier molecular flexibility index (Phi) is 15.5. The van der Waals surface area contributed by atoms with Crippen LogP contribution < -0.4 is 0 Å². The van der Waals surface area contributed by atoms with Gasteiger partial charge in [-0.1, -0.05) is 32.6 Å². The molecule has 0 atom stereocenters. The molecule has 0 aromatic rings. The molecule has 0 amide bonds. The number of rotatable bonds is 6. The van der Waals surface area contributed by atoms with Gasteiger partial charge in [-0.25, -0.2) is 8.42 Å². The normalized spacial score (nSPS) is 12.0. The average molecular weight is 393 g/mol. The molecule has 1 radical (unpaired) electrons. The van der Waals surface area contributed by atoms with Gasteiger partial charge in [-0.15, -0.1) is 0 Å². The van der Waals surface area contributed by atoms with E-state index in [1.165, 1.54) is 0 Å². The summed E-state index contributed by atoms with van der Waals surface area (Å²) in [6.07, 6.45) is 3.40. The van der Waals surface area contributed by atoms with Crippen molar-refractivity contribution in [2.45, 2.75) is 59.1 Å². The molecule has 0 aliphatic carbocycles. The van der Waals surface area contributed by atoms with Crippen molar-refractivity contribution in [2.24, 2.45) is 5.41 Å². The summed E-state index contributed by atoms with van der Waals surface area (Å²) >= 11 is 0. The van der Waals surface area contributed by atoms with Crippen LogP contribution in [0, 0.1) is 18.9 Å². The number of hydrogen-bond acceptors (Lipinski definition) is 3. The standard InChI is InChI=1S/C10H21O3S.C6H11.Y/c1-5-6-7-13-8-9-14(11,12)10(2,3)4;1-5-6(2,3)4;/h1,5-9H2,2-4H3;1,5H,2-4H3;/q2*-1;. The molecule has 5 heteroatoms. The first-order valence-electron chi connectivity index (χ1n) is 7.03. The van der Waals surface area contributed by atoms with Crippen molar-refractivity contribution in [3.05, 3.63) is 19.6 Å². The molecule has 0 aliphatic rings. The number of unbranched alkanes of at least 4 members (excludes halogenated alkanes) is 1. The van der Waals surface area contributed by atoms with E-state index >= 15 is 0 Å². The van der Waals surface area contributed by atoms with E-state index in [2.05, 4.69) is 27.7 Å². The summed E-state index contributed by atoms with van der Waals surface area (Å²) in [5.41, 5.74) is 0.194. The van der Waals surface area contributed by atoms with Crippen LogP contribution in [0.5, 0.6) is 0 Å². The van der Waals surface area contributed by atoms with Gasteiger partial charge in [0.15, 0.2) is 9.84 Å². The Morgan fingerprint density at radius 2 is 1.52 bits per heavy atom. The van der Waals surface area contributed by atoms with Crippen LogP contribution in [0.4, 0.5) is 0 Å². The number of hydrogen-bond donors (Lipinski definition) is 0. The van der Waals surface area contributed by atoms with Gasteiger partial charge in [0, 0.05) is 39.3 Å². The number of ether oxygens (including phenoxy) is 1. The van der Waals surface area contributed by atoms with Crippen LogP contribution in [0.3, 0.4) is 0 Å². The van der Waals surface area contributed by atoms with E-state index in [1.807, 2.05) is 0 Å². The van der Waals surface area contributed by atoms with Gasteiger partial charge < -0.3 is 18.2 Å². The van der Waals surface area contributed by atoms with Crippen LogP contribution >= 0.6 is 0 Å². The first-order chi connectivity index (χ1) is 8.87. The zero-order valence-electron chi connectivity index (χ0n) is 14.6. The second kappa shape index (κ2) is 12.2. The summed E-state index contributed by atoms with van der Waals surface area (Å²) < 4.78 is 27.7. The molecule has 0 N–H and O–H groups in total. The van der Waals surface area contributed by atoms with E-state index in [0.717, 1.165) is 12.8 Å². The fourth-order valence-electron chi connectivity index (χ4n) is 0.781. The molecule has 0 aromatic carbocycles. The summed E-state index contributed by atoms with van der Waals surface area (Å²) in [6, 6.07) is 0. The molecule has 0 saturated heterocycles. The second-order valence-electron chi connectivity index (χ2n) is 6.78. The van der Waals surface area contributed by atoms with E-state index < -0.39 is 14.6 Å². The smallest absolute Gasteiger partial charge is 0.157 e. The SMILES string of the molecule is [CH-]=CC(C)(C)C.[CH2-]CCCOCCS(=O)(=O)C(C)(C)C.[Y]. The fraction of sp³-hybridized carbons (Fsp3) is 0.812. The summed E-state index contributed by atoms with van der Waals surface area (Å²) in [4.78, 5) is 0. The Labute approximate surface area is 158 Å². The van der Waals surface area contributed by atoms with Gasteiger partial charge in [-0.05, 0) is 20.8 Å². The molecule has 0 spiro atoms. The quantitative estimate of drug-likeness (QED) is 0.509. The van der Waals surface area contributed by atoms with Gasteiger partial charge in [0.25, 0.3) is 0 Å². The molecule has 21 heavy (non-hydrogen) atoms. The molecule has 0 fully saturated rings. The van der Waals surface area contributed by atoms with Crippen LogP contribution in [0.15, 0.2) is 6.08 Å². The van der Waals surface area contributed by atoms with Crippen LogP contribution in [-0.2, 0) is 47.3 Å². The molecular weight excluding hydrogens is 361 g/mol. The first-order valence-corrected chi connectivity index (χ1v) is 8.68. The predicted molar refractivity (Wildman–Crippen MR) is 87.3 cm³/mol. The van der Waals surface area contributed by atoms with E-state index in [0.29, 0.717) is 13.2 Å². The number of sulfone groups is 1. The van der Waals surface area contributed by atoms with Crippen molar-refractivity contribution in [2.75, 3.05) is 19.0 Å². The maximum absolute atomic E-state index is 11.6. The summed E-state index contributed by atoms with van der Waals surface area (Å²) in [5.74, 6) is 0.105.